The fourth-order valence-corrected chi connectivity index (χ4v) is 3.56. The fraction of sp³-hybridized carbons (Fsp3) is 0.381. The van der Waals surface area contributed by atoms with Crippen molar-refractivity contribution in [2.24, 2.45) is 5.92 Å². The molecule has 0 bridgehead atoms. The molecule has 0 spiro atoms. The molecule has 1 aliphatic rings. The average Bonchev–Trinajstić information content (AvgIpc) is 2.61. The van der Waals surface area contributed by atoms with Gasteiger partial charge in [0.2, 0.25) is 5.91 Å². The second-order valence-electron chi connectivity index (χ2n) is 6.93. The van der Waals surface area contributed by atoms with E-state index in [4.69, 9.17) is 11.6 Å². The Kier molecular flexibility index (Phi) is 5.77. The maximum Gasteiger partial charge on any atom is 0.227 e. The van der Waals surface area contributed by atoms with E-state index in [-0.39, 0.29) is 11.8 Å². The van der Waals surface area contributed by atoms with E-state index in [1.54, 1.807) is 0 Å². The lowest BCUT2D eigenvalue weighted by molar-refractivity contribution is -0.121. The minimum Gasteiger partial charge on any atom is -0.325 e. The zero-order valence-electron chi connectivity index (χ0n) is 14.9. The topological polar surface area (TPSA) is 32.3 Å². The number of aryl methyl sites for hydroxylation is 2. The first kappa shape index (κ1) is 18.0. The molecule has 2 aromatic rings. The van der Waals surface area contributed by atoms with E-state index in [1.165, 1.54) is 5.56 Å². The zero-order chi connectivity index (χ0) is 17.8. The highest BCUT2D eigenvalue weighted by Gasteiger charge is 2.25. The van der Waals surface area contributed by atoms with Gasteiger partial charge in [-0.3, -0.25) is 9.69 Å². The number of carbonyl (C=O) groups excluding carboxylic acids is 1. The predicted molar refractivity (Wildman–Crippen MR) is 104 cm³/mol. The number of benzene rings is 2. The van der Waals surface area contributed by atoms with Crippen LogP contribution in [0.2, 0.25) is 5.02 Å². The normalized spacial score (nSPS) is 16.0. The standard InChI is InChI=1S/C21H25ClN2O/c1-15-4-3-5-16(2)20(15)23-21(25)18-10-12-24(13-11-18)14-17-6-8-19(22)9-7-17/h3-9,18H,10-14H2,1-2H3,(H,23,25). The fourth-order valence-electron chi connectivity index (χ4n) is 3.44. The second-order valence-corrected chi connectivity index (χ2v) is 7.37. The lowest BCUT2D eigenvalue weighted by atomic mass is 9.95. The minimum atomic E-state index is 0.0977. The molecule has 0 aliphatic carbocycles. The van der Waals surface area contributed by atoms with Crippen molar-refractivity contribution in [3.05, 3.63) is 64.2 Å². The number of hydrogen-bond acceptors (Lipinski definition) is 2. The van der Waals surface area contributed by atoms with Gasteiger partial charge >= 0.3 is 0 Å². The van der Waals surface area contributed by atoms with Gasteiger partial charge in [-0.1, -0.05) is 41.9 Å². The van der Waals surface area contributed by atoms with Gasteiger partial charge in [-0.15, -0.1) is 0 Å². The molecule has 132 valence electrons. The summed E-state index contributed by atoms with van der Waals surface area (Å²) in [6.07, 6.45) is 1.81. The number of carbonyl (C=O) groups is 1. The predicted octanol–water partition coefficient (Wildman–Crippen LogP) is 4.81. The van der Waals surface area contributed by atoms with Crippen molar-refractivity contribution in [1.29, 1.82) is 0 Å². The van der Waals surface area contributed by atoms with Gasteiger partial charge in [0.25, 0.3) is 0 Å². The number of nitrogens with one attached hydrogen (secondary N) is 1. The van der Waals surface area contributed by atoms with Gasteiger partial charge in [-0.25, -0.2) is 0 Å². The largest absolute Gasteiger partial charge is 0.325 e. The van der Waals surface area contributed by atoms with Crippen molar-refractivity contribution in [3.8, 4) is 0 Å². The van der Waals surface area contributed by atoms with Crippen LogP contribution >= 0.6 is 11.6 Å². The summed E-state index contributed by atoms with van der Waals surface area (Å²) in [6.45, 7) is 6.90. The van der Waals surface area contributed by atoms with Crippen LogP contribution in [-0.4, -0.2) is 23.9 Å². The van der Waals surface area contributed by atoms with Gasteiger partial charge in [0.15, 0.2) is 0 Å². The number of amides is 1. The summed E-state index contributed by atoms with van der Waals surface area (Å²) in [6, 6.07) is 14.1. The monoisotopic (exact) mass is 356 g/mol. The van der Waals surface area contributed by atoms with Crippen LogP contribution < -0.4 is 5.32 Å². The molecule has 1 aliphatic heterocycles. The SMILES string of the molecule is Cc1cccc(C)c1NC(=O)C1CCN(Cc2ccc(Cl)cc2)CC1. The Morgan fingerprint density at radius 2 is 1.68 bits per heavy atom. The van der Waals surface area contributed by atoms with Crippen LogP contribution in [0.3, 0.4) is 0 Å². The molecule has 1 saturated heterocycles. The molecular formula is C21H25ClN2O. The van der Waals surface area contributed by atoms with Crippen LogP contribution in [0.15, 0.2) is 42.5 Å². The number of halogens is 1. The van der Waals surface area contributed by atoms with Gasteiger partial charge in [0.05, 0.1) is 0 Å². The maximum atomic E-state index is 12.6. The van der Waals surface area contributed by atoms with E-state index in [9.17, 15) is 4.79 Å². The highest BCUT2D eigenvalue weighted by molar-refractivity contribution is 6.30. The van der Waals surface area contributed by atoms with Crippen molar-refractivity contribution >= 4 is 23.2 Å². The van der Waals surface area contributed by atoms with Crippen molar-refractivity contribution in [3.63, 3.8) is 0 Å². The third-order valence-electron chi connectivity index (χ3n) is 5.01. The highest BCUT2D eigenvalue weighted by Crippen LogP contribution is 2.24. The molecule has 3 rings (SSSR count). The molecule has 1 amide bonds. The Morgan fingerprint density at radius 1 is 1.08 bits per heavy atom. The summed E-state index contributed by atoms with van der Waals surface area (Å²) in [4.78, 5) is 15.0. The number of para-hydroxylation sites is 1. The molecule has 3 nitrogen and oxygen atoms in total. The lowest BCUT2D eigenvalue weighted by Crippen LogP contribution is -2.37. The first-order valence-corrected chi connectivity index (χ1v) is 9.24. The number of nitrogens with zero attached hydrogens (tertiary/aromatic N) is 1. The molecule has 0 radical (unpaired) electrons. The summed E-state index contributed by atoms with van der Waals surface area (Å²) in [5.41, 5.74) is 4.47. The number of anilines is 1. The smallest absolute Gasteiger partial charge is 0.227 e. The van der Waals surface area contributed by atoms with Crippen LogP contribution in [0.4, 0.5) is 5.69 Å². The molecule has 0 atom stereocenters. The number of piperidine rings is 1. The van der Waals surface area contributed by atoms with E-state index in [2.05, 4.69) is 22.3 Å². The Labute approximate surface area is 155 Å². The van der Waals surface area contributed by atoms with Crippen molar-refractivity contribution in [2.75, 3.05) is 18.4 Å². The van der Waals surface area contributed by atoms with Gasteiger partial charge in [-0.05, 0) is 68.6 Å². The summed E-state index contributed by atoms with van der Waals surface area (Å²) in [5, 5.41) is 3.92. The molecule has 0 unspecified atom stereocenters. The molecule has 0 aromatic heterocycles. The van der Waals surface area contributed by atoms with Crippen LogP contribution in [0.5, 0.6) is 0 Å². The zero-order valence-corrected chi connectivity index (χ0v) is 15.6. The Hall–Kier alpha value is -1.84. The van der Waals surface area contributed by atoms with Gasteiger partial charge in [-0.2, -0.15) is 0 Å². The number of hydrogen-bond donors (Lipinski definition) is 1. The molecular weight excluding hydrogens is 332 g/mol. The van der Waals surface area contributed by atoms with E-state index in [0.29, 0.717) is 0 Å². The van der Waals surface area contributed by atoms with Gasteiger partial charge in [0, 0.05) is 23.2 Å². The van der Waals surface area contributed by atoms with Crippen molar-refractivity contribution < 1.29 is 4.79 Å². The summed E-state index contributed by atoms with van der Waals surface area (Å²) in [5.74, 6) is 0.254. The first-order valence-electron chi connectivity index (χ1n) is 8.87. The van der Waals surface area contributed by atoms with Crippen LogP contribution in [0.25, 0.3) is 0 Å². The molecule has 1 N–H and O–H groups in total. The first-order chi connectivity index (χ1) is 12.0. The lowest BCUT2D eigenvalue weighted by Gasteiger charge is -2.31. The Balaban J connectivity index is 1.53. The van der Waals surface area contributed by atoms with E-state index in [0.717, 1.165) is 54.3 Å². The number of likely N-dealkylation sites (tertiary alicyclic amines) is 1. The highest BCUT2D eigenvalue weighted by atomic mass is 35.5. The number of rotatable bonds is 4. The Bertz CT molecular complexity index is 714. The summed E-state index contributed by atoms with van der Waals surface area (Å²) in [7, 11) is 0. The molecule has 1 heterocycles. The third-order valence-corrected chi connectivity index (χ3v) is 5.26. The minimum absolute atomic E-state index is 0.0977. The quantitative estimate of drug-likeness (QED) is 0.852. The van der Waals surface area contributed by atoms with Crippen molar-refractivity contribution in [2.45, 2.75) is 33.2 Å². The van der Waals surface area contributed by atoms with Gasteiger partial charge in [0.1, 0.15) is 0 Å². The molecule has 2 aromatic carbocycles. The Morgan fingerprint density at radius 3 is 2.28 bits per heavy atom. The second kappa shape index (κ2) is 8.03. The van der Waals surface area contributed by atoms with Crippen LogP contribution in [0.1, 0.15) is 29.5 Å². The third kappa shape index (κ3) is 4.62. The van der Waals surface area contributed by atoms with Crippen LogP contribution in [-0.2, 0) is 11.3 Å². The molecule has 1 fully saturated rings. The molecule has 4 heteroatoms. The summed E-state index contributed by atoms with van der Waals surface area (Å²) < 4.78 is 0. The van der Waals surface area contributed by atoms with Gasteiger partial charge < -0.3 is 5.32 Å². The van der Waals surface area contributed by atoms with Crippen LogP contribution in [0, 0.1) is 19.8 Å². The summed E-state index contributed by atoms with van der Waals surface area (Å²) >= 11 is 5.94. The molecule has 0 saturated carbocycles. The van der Waals surface area contributed by atoms with E-state index in [1.807, 2.05) is 44.2 Å². The van der Waals surface area contributed by atoms with Crippen molar-refractivity contribution in [1.82, 2.24) is 4.90 Å². The molecule has 25 heavy (non-hydrogen) atoms. The maximum absolute atomic E-state index is 12.6. The van der Waals surface area contributed by atoms with E-state index >= 15 is 0 Å². The van der Waals surface area contributed by atoms with E-state index < -0.39 is 0 Å². The average molecular weight is 357 g/mol.